The van der Waals surface area contributed by atoms with E-state index in [-0.39, 0.29) is 5.91 Å². The van der Waals surface area contributed by atoms with Gasteiger partial charge in [0.1, 0.15) is 5.76 Å². The number of amides is 1. The number of nitrogens with one attached hydrogen (secondary N) is 1. The molecule has 0 radical (unpaired) electrons. The molecule has 0 atom stereocenters. The van der Waals surface area contributed by atoms with E-state index in [4.69, 9.17) is 9.26 Å². The molecule has 0 spiro atoms. The standard InChI is InChI=1S/C18H22N2O3/c1-14-13-16(23-20-14)7-10-19-17(21)18(8-11-22-12-9-18)15-5-3-2-4-6-15/h2-6,13H,7-12H2,1H3,(H,19,21). The lowest BCUT2D eigenvalue weighted by atomic mass is 9.73. The van der Waals surface area contributed by atoms with Gasteiger partial charge in [0.15, 0.2) is 0 Å². The molecule has 1 saturated heterocycles. The largest absolute Gasteiger partial charge is 0.381 e. The quantitative estimate of drug-likeness (QED) is 0.920. The Morgan fingerprint density at radius 2 is 2.00 bits per heavy atom. The van der Waals surface area contributed by atoms with Gasteiger partial charge in [-0.15, -0.1) is 0 Å². The number of aromatic nitrogens is 1. The van der Waals surface area contributed by atoms with Crippen LogP contribution in [0.2, 0.25) is 0 Å². The number of hydrogen-bond donors (Lipinski definition) is 1. The summed E-state index contributed by atoms with van der Waals surface area (Å²) in [6.07, 6.45) is 2.07. The first kappa shape index (κ1) is 15.7. The van der Waals surface area contributed by atoms with Gasteiger partial charge < -0.3 is 14.6 Å². The third kappa shape index (κ3) is 3.45. The molecule has 3 rings (SSSR count). The molecule has 0 unspecified atom stereocenters. The van der Waals surface area contributed by atoms with E-state index in [2.05, 4.69) is 10.5 Å². The first-order chi connectivity index (χ1) is 11.2. The van der Waals surface area contributed by atoms with Crippen molar-refractivity contribution in [3.05, 3.63) is 53.4 Å². The topological polar surface area (TPSA) is 64.4 Å². The molecule has 1 aliphatic heterocycles. The summed E-state index contributed by atoms with van der Waals surface area (Å²) in [6, 6.07) is 11.9. The number of benzene rings is 1. The minimum absolute atomic E-state index is 0.0724. The van der Waals surface area contributed by atoms with E-state index in [1.165, 1.54) is 0 Å². The monoisotopic (exact) mass is 314 g/mol. The number of carbonyl (C=O) groups is 1. The number of ether oxygens (including phenoxy) is 1. The molecule has 0 saturated carbocycles. The number of hydrogen-bond acceptors (Lipinski definition) is 4. The van der Waals surface area contributed by atoms with Gasteiger partial charge in [0.05, 0.1) is 11.1 Å². The van der Waals surface area contributed by atoms with Gasteiger partial charge in [-0.1, -0.05) is 35.5 Å². The summed E-state index contributed by atoms with van der Waals surface area (Å²) in [5.74, 6) is 0.867. The zero-order valence-corrected chi connectivity index (χ0v) is 13.4. The zero-order valence-electron chi connectivity index (χ0n) is 13.4. The second-order valence-electron chi connectivity index (χ2n) is 6.00. The molecular formula is C18H22N2O3. The molecule has 0 aliphatic carbocycles. The summed E-state index contributed by atoms with van der Waals surface area (Å²) in [6.45, 7) is 3.66. The Bertz CT molecular complexity index is 645. The third-order valence-electron chi connectivity index (χ3n) is 4.44. The molecule has 122 valence electrons. The van der Waals surface area contributed by atoms with Crippen LogP contribution in [0.5, 0.6) is 0 Å². The van der Waals surface area contributed by atoms with Crippen LogP contribution in [0, 0.1) is 6.92 Å². The van der Waals surface area contributed by atoms with Crippen molar-refractivity contribution in [1.29, 1.82) is 0 Å². The molecular weight excluding hydrogens is 292 g/mol. The van der Waals surface area contributed by atoms with Gasteiger partial charge in [0.25, 0.3) is 0 Å². The van der Waals surface area contributed by atoms with Crippen molar-refractivity contribution in [3.63, 3.8) is 0 Å². The Hall–Kier alpha value is -2.14. The zero-order chi connectivity index (χ0) is 16.1. The highest BCUT2D eigenvalue weighted by molar-refractivity contribution is 5.88. The average molecular weight is 314 g/mol. The number of rotatable bonds is 5. The Labute approximate surface area is 136 Å². The second-order valence-corrected chi connectivity index (χ2v) is 6.00. The van der Waals surface area contributed by atoms with Crippen LogP contribution in [0.3, 0.4) is 0 Å². The highest BCUT2D eigenvalue weighted by atomic mass is 16.5. The molecule has 0 bridgehead atoms. The lowest BCUT2D eigenvalue weighted by Crippen LogP contribution is -2.48. The van der Waals surface area contributed by atoms with E-state index in [9.17, 15) is 4.79 Å². The minimum Gasteiger partial charge on any atom is -0.381 e. The number of nitrogens with zero attached hydrogens (tertiary/aromatic N) is 1. The van der Waals surface area contributed by atoms with Crippen LogP contribution in [0.15, 0.2) is 40.9 Å². The second kappa shape index (κ2) is 6.96. The van der Waals surface area contributed by atoms with Gasteiger partial charge >= 0.3 is 0 Å². The summed E-state index contributed by atoms with van der Waals surface area (Å²) in [7, 11) is 0. The molecule has 1 fully saturated rings. The molecule has 2 aromatic rings. The van der Waals surface area contributed by atoms with Crippen LogP contribution in [-0.4, -0.2) is 30.8 Å². The van der Waals surface area contributed by atoms with E-state index in [1.807, 2.05) is 43.3 Å². The maximum absolute atomic E-state index is 12.9. The van der Waals surface area contributed by atoms with Crippen LogP contribution in [0.25, 0.3) is 0 Å². The van der Waals surface area contributed by atoms with Crippen LogP contribution >= 0.6 is 0 Å². The highest BCUT2D eigenvalue weighted by Crippen LogP contribution is 2.35. The van der Waals surface area contributed by atoms with Crippen LogP contribution in [0.1, 0.15) is 29.9 Å². The maximum Gasteiger partial charge on any atom is 0.230 e. The minimum atomic E-state index is -0.489. The molecule has 2 heterocycles. The summed E-state index contributed by atoms with van der Waals surface area (Å²) in [5.41, 5.74) is 1.43. The van der Waals surface area contributed by atoms with Crippen LogP contribution in [0.4, 0.5) is 0 Å². The Morgan fingerprint density at radius 1 is 1.26 bits per heavy atom. The van der Waals surface area contributed by atoms with E-state index < -0.39 is 5.41 Å². The van der Waals surface area contributed by atoms with Crippen molar-refractivity contribution in [2.75, 3.05) is 19.8 Å². The van der Waals surface area contributed by atoms with Gasteiger partial charge in [-0.2, -0.15) is 0 Å². The first-order valence-electron chi connectivity index (χ1n) is 8.04. The number of aryl methyl sites for hydroxylation is 1. The van der Waals surface area contributed by atoms with Crippen LogP contribution in [-0.2, 0) is 21.4 Å². The van der Waals surface area contributed by atoms with E-state index in [0.717, 1.165) is 17.0 Å². The van der Waals surface area contributed by atoms with E-state index >= 15 is 0 Å². The average Bonchev–Trinajstić information content (AvgIpc) is 3.01. The molecule has 1 amide bonds. The fraction of sp³-hybridized carbons (Fsp3) is 0.444. The lowest BCUT2D eigenvalue weighted by Gasteiger charge is -2.36. The summed E-state index contributed by atoms with van der Waals surface area (Å²) < 4.78 is 10.6. The van der Waals surface area contributed by atoms with Gasteiger partial charge in [0, 0.05) is 32.2 Å². The van der Waals surface area contributed by atoms with E-state index in [1.54, 1.807) is 0 Å². The predicted octanol–water partition coefficient (Wildman–Crippen LogP) is 2.39. The number of carbonyl (C=O) groups excluding carboxylic acids is 1. The van der Waals surface area contributed by atoms with Crippen molar-refractivity contribution in [2.24, 2.45) is 0 Å². The summed E-state index contributed by atoms with van der Waals surface area (Å²) in [5, 5.41) is 6.93. The molecule has 5 nitrogen and oxygen atoms in total. The Morgan fingerprint density at radius 3 is 2.65 bits per heavy atom. The first-order valence-corrected chi connectivity index (χ1v) is 8.04. The van der Waals surface area contributed by atoms with Crippen molar-refractivity contribution < 1.29 is 14.1 Å². The fourth-order valence-electron chi connectivity index (χ4n) is 3.13. The van der Waals surface area contributed by atoms with Gasteiger partial charge in [-0.3, -0.25) is 4.79 Å². The van der Waals surface area contributed by atoms with Crippen LogP contribution < -0.4 is 5.32 Å². The molecule has 1 aliphatic rings. The molecule has 1 N–H and O–H groups in total. The molecule has 23 heavy (non-hydrogen) atoms. The molecule has 1 aromatic carbocycles. The molecule has 5 heteroatoms. The van der Waals surface area contributed by atoms with E-state index in [0.29, 0.717) is 39.0 Å². The predicted molar refractivity (Wildman–Crippen MR) is 86.1 cm³/mol. The Balaban J connectivity index is 1.68. The summed E-state index contributed by atoms with van der Waals surface area (Å²) in [4.78, 5) is 12.9. The maximum atomic E-state index is 12.9. The van der Waals surface area contributed by atoms with Gasteiger partial charge in [-0.25, -0.2) is 0 Å². The third-order valence-corrected chi connectivity index (χ3v) is 4.44. The van der Waals surface area contributed by atoms with Crippen molar-refractivity contribution in [2.45, 2.75) is 31.6 Å². The van der Waals surface area contributed by atoms with Crippen molar-refractivity contribution >= 4 is 5.91 Å². The molecule has 1 aromatic heterocycles. The smallest absolute Gasteiger partial charge is 0.230 e. The SMILES string of the molecule is Cc1cc(CCNC(=O)C2(c3ccccc3)CCOCC2)on1. The Kier molecular flexibility index (Phi) is 4.76. The van der Waals surface area contributed by atoms with Gasteiger partial charge in [0.2, 0.25) is 5.91 Å². The van der Waals surface area contributed by atoms with Crippen molar-refractivity contribution in [1.82, 2.24) is 10.5 Å². The highest BCUT2D eigenvalue weighted by Gasteiger charge is 2.41. The summed E-state index contributed by atoms with van der Waals surface area (Å²) >= 11 is 0. The normalized spacial score (nSPS) is 16.9. The lowest BCUT2D eigenvalue weighted by molar-refractivity contribution is -0.130. The van der Waals surface area contributed by atoms with Gasteiger partial charge in [-0.05, 0) is 25.3 Å². The fourth-order valence-corrected chi connectivity index (χ4v) is 3.13. The van der Waals surface area contributed by atoms with Crippen molar-refractivity contribution in [3.8, 4) is 0 Å².